The van der Waals surface area contributed by atoms with Gasteiger partial charge in [-0.25, -0.2) is 0 Å². The summed E-state index contributed by atoms with van der Waals surface area (Å²) in [5, 5.41) is 16.9. The lowest BCUT2D eigenvalue weighted by Gasteiger charge is -2.09. The monoisotopic (exact) mass is 359 g/mol. The maximum atomic E-state index is 12.3. The highest BCUT2D eigenvalue weighted by molar-refractivity contribution is 5.95. The predicted molar refractivity (Wildman–Crippen MR) is 97.6 cm³/mol. The lowest BCUT2D eigenvalue weighted by molar-refractivity contribution is -0.384. The smallest absolute Gasteiger partial charge is 0.293 e. The molecule has 2 aromatic rings. The Bertz CT molecular complexity index is 762. The van der Waals surface area contributed by atoms with E-state index in [-0.39, 0.29) is 17.2 Å². The minimum Gasteiger partial charge on any atom is -0.497 e. The number of amides is 1. The lowest BCUT2D eigenvalue weighted by Crippen LogP contribution is -2.23. The summed E-state index contributed by atoms with van der Waals surface area (Å²) < 4.78 is 9.99. The van der Waals surface area contributed by atoms with Crippen LogP contribution in [0.5, 0.6) is 5.75 Å². The van der Waals surface area contributed by atoms with Crippen molar-refractivity contribution < 1.29 is 19.2 Å². The maximum absolute atomic E-state index is 12.3. The molecule has 0 aliphatic carbocycles. The standard InChI is InChI=1S/C18H21N3O5/c1-25-10-9-19-16-8-5-14(11-17(16)21(23)24)18(22)20-12-13-3-6-15(26-2)7-4-13/h3-8,11,19H,9-10,12H2,1-2H3,(H,20,22). The van der Waals surface area contributed by atoms with E-state index in [1.54, 1.807) is 32.4 Å². The van der Waals surface area contributed by atoms with Crippen LogP contribution >= 0.6 is 0 Å². The molecule has 0 aliphatic rings. The first-order valence-corrected chi connectivity index (χ1v) is 7.97. The normalized spacial score (nSPS) is 10.2. The lowest BCUT2D eigenvalue weighted by atomic mass is 10.1. The van der Waals surface area contributed by atoms with Crippen molar-refractivity contribution in [1.82, 2.24) is 5.32 Å². The number of carbonyl (C=O) groups excluding carboxylic acids is 1. The number of nitro groups is 1. The van der Waals surface area contributed by atoms with E-state index >= 15 is 0 Å². The van der Waals surface area contributed by atoms with Crippen LogP contribution in [0, 0.1) is 10.1 Å². The molecule has 0 radical (unpaired) electrons. The van der Waals surface area contributed by atoms with Crippen molar-refractivity contribution in [2.24, 2.45) is 0 Å². The molecule has 0 aliphatic heterocycles. The van der Waals surface area contributed by atoms with E-state index in [2.05, 4.69) is 10.6 Å². The van der Waals surface area contributed by atoms with Crippen molar-refractivity contribution in [2.45, 2.75) is 6.54 Å². The molecule has 0 spiro atoms. The van der Waals surface area contributed by atoms with Crippen LogP contribution in [0.4, 0.5) is 11.4 Å². The Morgan fingerprint density at radius 3 is 2.50 bits per heavy atom. The topological polar surface area (TPSA) is 103 Å². The van der Waals surface area contributed by atoms with Crippen LogP contribution in [0.1, 0.15) is 15.9 Å². The first kappa shape index (κ1) is 19.2. The minimum atomic E-state index is -0.518. The highest BCUT2D eigenvalue weighted by Crippen LogP contribution is 2.25. The fraction of sp³-hybridized carbons (Fsp3) is 0.278. The van der Waals surface area contributed by atoms with Crippen molar-refractivity contribution in [3.63, 3.8) is 0 Å². The van der Waals surface area contributed by atoms with Crippen molar-refractivity contribution in [3.8, 4) is 5.75 Å². The average molecular weight is 359 g/mol. The van der Waals surface area contributed by atoms with Crippen molar-refractivity contribution in [2.75, 3.05) is 32.7 Å². The molecule has 0 heterocycles. The average Bonchev–Trinajstić information content (AvgIpc) is 2.66. The number of nitrogens with one attached hydrogen (secondary N) is 2. The summed E-state index contributed by atoms with van der Waals surface area (Å²) >= 11 is 0. The molecule has 2 N–H and O–H groups in total. The second kappa shape index (κ2) is 9.38. The Morgan fingerprint density at radius 2 is 1.88 bits per heavy atom. The Kier molecular flexibility index (Phi) is 6.92. The zero-order valence-corrected chi connectivity index (χ0v) is 14.7. The molecule has 0 bridgehead atoms. The molecule has 8 heteroatoms. The first-order valence-electron chi connectivity index (χ1n) is 7.97. The van der Waals surface area contributed by atoms with Crippen LogP contribution in [0.2, 0.25) is 0 Å². The van der Waals surface area contributed by atoms with E-state index in [0.29, 0.717) is 25.4 Å². The highest BCUT2D eigenvalue weighted by Gasteiger charge is 2.17. The second-order valence-corrected chi connectivity index (χ2v) is 5.44. The number of hydrogen-bond donors (Lipinski definition) is 2. The third-order valence-corrected chi connectivity index (χ3v) is 3.69. The SMILES string of the molecule is COCCNc1ccc(C(=O)NCc2ccc(OC)cc2)cc1[N+](=O)[O-]. The van der Waals surface area contributed by atoms with Crippen molar-refractivity contribution >= 4 is 17.3 Å². The quantitative estimate of drug-likeness (QED) is 0.405. The summed E-state index contributed by atoms with van der Waals surface area (Å²) in [4.78, 5) is 23.0. The third-order valence-electron chi connectivity index (χ3n) is 3.69. The van der Waals surface area contributed by atoms with Crippen LogP contribution in [-0.4, -0.2) is 38.2 Å². The highest BCUT2D eigenvalue weighted by atomic mass is 16.6. The van der Waals surface area contributed by atoms with E-state index in [4.69, 9.17) is 9.47 Å². The van der Waals surface area contributed by atoms with Crippen LogP contribution in [0.15, 0.2) is 42.5 Å². The Balaban J connectivity index is 2.05. The molecule has 138 valence electrons. The number of carbonyl (C=O) groups is 1. The van der Waals surface area contributed by atoms with Crippen LogP contribution < -0.4 is 15.4 Å². The van der Waals surface area contributed by atoms with Crippen molar-refractivity contribution in [3.05, 3.63) is 63.7 Å². The van der Waals surface area contributed by atoms with Crippen LogP contribution in [0.25, 0.3) is 0 Å². The first-order chi connectivity index (χ1) is 12.5. The Labute approximate surface area is 151 Å². The number of nitro benzene ring substituents is 1. The molecule has 0 aromatic heterocycles. The molecule has 0 unspecified atom stereocenters. The van der Waals surface area contributed by atoms with Gasteiger partial charge in [-0.15, -0.1) is 0 Å². The number of anilines is 1. The van der Waals surface area contributed by atoms with Gasteiger partial charge in [0.05, 0.1) is 18.6 Å². The van der Waals surface area contributed by atoms with Gasteiger partial charge in [0.1, 0.15) is 11.4 Å². The zero-order valence-electron chi connectivity index (χ0n) is 14.7. The van der Waals surface area contributed by atoms with Gasteiger partial charge in [0.25, 0.3) is 11.6 Å². The van der Waals surface area contributed by atoms with E-state index < -0.39 is 4.92 Å². The second-order valence-electron chi connectivity index (χ2n) is 5.44. The molecule has 1 amide bonds. The summed E-state index contributed by atoms with van der Waals surface area (Å²) in [6, 6.07) is 11.6. The molecular weight excluding hydrogens is 338 g/mol. The Morgan fingerprint density at radius 1 is 1.15 bits per heavy atom. The summed E-state index contributed by atoms with van der Waals surface area (Å²) in [5.74, 6) is 0.347. The maximum Gasteiger partial charge on any atom is 0.293 e. The minimum absolute atomic E-state index is 0.154. The fourth-order valence-electron chi connectivity index (χ4n) is 2.29. The van der Waals surface area contributed by atoms with Gasteiger partial charge in [0, 0.05) is 31.8 Å². The van der Waals surface area contributed by atoms with Crippen LogP contribution in [0.3, 0.4) is 0 Å². The van der Waals surface area contributed by atoms with Gasteiger partial charge in [-0.05, 0) is 29.8 Å². The van der Waals surface area contributed by atoms with Crippen LogP contribution in [-0.2, 0) is 11.3 Å². The third kappa shape index (κ3) is 5.18. The fourth-order valence-corrected chi connectivity index (χ4v) is 2.29. The molecule has 0 atom stereocenters. The largest absolute Gasteiger partial charge is 0.497 e. The van der Waals surface area contributed by atoms with Gasteiger partial charge in [-0.1, -0.05) is 12.1 Å². The molecule has 2 rings (SSSR count). The van der Waals surface area contributed by atoms with Gasteiger partial charge in [-0.3, -0.25) is 14.9 Å². The number of hydrogen-bond acceptors (Lipinski definition) is 6. The molecule has 0 saturated carbocycles. The van der Waals surface area contributed by atoms with Gasteiger partial charge in [0.15, 0.2) is 0 Å². The van der Waals surface area contributed by atoms with E-state index in [1.165, 1.54) is 12.1 Å². The number of nitrogens with zero attached hydrogens (tertiary/aromatic N) is 1. The van der Waals surface area contributed by atoms with E-state index in [1.807, 2.05) is 12.1 Å². The molecule has 0 saturated heterocycles. The number of methoxy groups -OCH3 is 2. The van der Waals surface area contributed by atoms with E-state index in [0.717, 1.165) is 11.3 Å². The number of benzene rings is 2. The number of rotatable bonds is 9. The summed E-state index contributed by atoms with van der Waals surface area (Å²) in [6.45, 7) is 1.16. The zero-order chi connectivity index (χ0) is 18.9. The molecular formula is C18H21N3O5. The van der Waals surface area contributed by atoms with Gasteiger partial charge < -0.3 is 20.1 Å². The number of ether oxygens (including phenoxy) is 2. The van der Waals surface area contributed by atoms with E-state index in [9.17, 15) is 14.9 Å². The van der Waals surface area contributed by atoms with Crippen molar-refractivity contribution in [1.29, 1.82) is 0 Å². The predicted octanol–water partition coefficient (Wildman–Crippen LogP) is 2.59. The summed E-state index contributed by atoms with van der Waals surface area (Å²) in [5.41, 5.74) is 1.31. The van der Waals surface area contributed by atoms with Gasteiger partial charge in [-0.2, -0.15) is 0 Å². The molecule has 26 heavy (non-hydrogen) atoms. The summed E-state index contributed by atoms with van der Waals surface area (Å²) in [6.07, 6.45) is 0. The Hall–Kier alpha value is -3.13. The summed E-state index contributed by atoms with van der Waals surface area (Å²) in [7, 11) is 3.13. The van der Waals surface area contributed by atoms with Gasteiger partial charge >= 0.3 is 0 Å². The van der Waals surface area contributed by atoms with Gasteiger partial charge in [0.2, 0.25) is 0 Å². The molecule has 0 fully saturated rings. The molecule has 8 nitrogen and oxygen atoms in total. The molecule has 2 aromatic carbocycles.